The molecule has 0 bridgehead atoms. The van der Waals surface area contributed by atoms with Crippen LogP contribution in [0.4, 0.5) is 4.39 Å². The van der Waals surface area contributed by atoms with Gasteiger partial charge in [-0.1, -0.05) is 0 Å². The van der Waals surface area contributed by atoms with Gasteiger partial charge in [-0.05, 0) is 0 Å². The number of aliphatic hydroxyl groups excluding tert-OH is 1. The van der Waals surface area contributed by atoms with Gasteiger partial charge in [0.1, 0.15) is 31.1 Å². The second-order valence-corrected chi connectivity index (χ2v) is 3.32. The maximum absolute atomic E-state index is 12.6. The standard InChI is InChI=1S/C9H17FO5/c1-12-6-5(4-10)15-9(11)8(14-3)7(6)13-2/h5-9,11H,4H2,1-3H3/t5-,6-,7-,8-,9+/m0/s1. The molecule has 1 saturated heterocycles. The van der Waals surface area contributed by atoms with Gasteiger partial charge in [0.05, 0.1) is 0 Å². The minimum atomic E-state index is -1.20. The monoisotopic (exact) mass is 224 g/mol. The highest BCUT2D eigenvalue weighted by Gasteiger charge is 2.46. The van der Waals surface area contributed by atoms with Crippen molar-refractivity contribution in [3.8, 4) is 0 Å². The first-order valence-electron chi connectivity index (χ1n) is 4.67. The highest BCUT2D eigenvalue weighted by molar-refractivity contribution is 4.91. The molecule has 15 heavy (non-hydrogen) atoms. The van der Waals surface area contributed by atoms with Crippen LogP contribution in [0.1, 0.15) is 0 Å². The van der Waals surface area contributed by atoms with Crippen molar-refractivity contribution < 1.29 is 28.4 Å². The van der Waals surface area contributed by atoms with E-state index < -0.39 is 37.4 Å². The van der Waals surface area contributed by atoms with Crippen LogP contribution in [0.2, 0.25) is 0 Å². The number of halogens is 1. The van der Waals surface area contributed by atoms with Gasteiger partial charge >= 0.3 is 0 Å². The van der Waals surface area contributed by atoms with Crippen LogP contribution in [-0.4, -0.2) is 63.8 Å². The van der Waals surface area contributed by atoms with Gasteiger partial charge in [0, 0.05) is 21.3 Å². The van der Waals surface area contributed by atoms with Crippen molar-refractivity contribution in [3.05, 3.63) is 0 Å². The van der Waals surface area contributed by atoms with E-state index in [2.05, 4.69) is 0 Å². The zero-order chi connectivity index (χ0) is 11.4. The lowest BCUT2D eigenvalue weighted by atomic mass is 9.99. The first-order chi connectivity index (χ1) is 7.19. The van der Waals surface area contributed by atoms with Crippen molar-refractivity contribution in [3.63, 3.8) is 0 Å². The molecular weight excluding hydrogens is 207 g/mol. The molecule has 1 fully saturated rings. The summed E-state index contributed by atoms with van der Waals surface area (Å²) in [6.07, 6.45) is -3.85. The van der Waals surface area contributed by atoms with Crippen molar-refractivity contribution in [2.24, 2.45) is 0 Å². The van der Waals surface area contributed by atoms with E-state index in [1.165, 1.54) is 21.3 Å². The number of hydrogen-bond acceptors (Lipinski definition) is 5. The molecule has 0 saturated carbocycles. The molecule has 0 unspecified atom stereocenters. The SMILES string of the molecule is CO[C@H]1[C@@H](OC)[C@H](CF)O[C@@H](O)[C@H]1OC. The minimum Gasteiger partial charge on any atom is -0.376 e. The molecule has 5 atom stereocenters. The Morgan fingerprint density at radius 1 is 1.07 bits per heavy atom. The smallest absolute Gasteiger partial charge is 0.184 e. The van der Waals surface area contributed by atoms with Gasteiger partial charge in [0.25, 0.3) is 0 Å². The molecule has 1 aliphatic heterocycles. The number of aliphatic hydroxyl groups is 1. The summed E-state index contributed by atoms with van der Waals surface area (Å²) in [4.78, 5) is 0. The predicted octanol–water partition coefficient (Wildman–Crippen LogP) is -0.282. The fraction of sp³-hybridized carbons (Fsp3) is 1.00. The van der Waals surface area contributed by atoms with Crippen molar-refractivity contribution in [1.82, 2.24) is 0 Å². The van der Waals surface area contributed by atoms with Crippen LogP contribution < -0.4 is 0 Å². The third-order valence-corrected chi connectivity index (χ3v) is 2.58. The van der Waals surface area contributed by atoms with Gasteiger partial charge in [0.2, 0.25) is 0 Å². The Bertz CT molecular complexity index is 191. The van der Waals surface area contributed by atoms with Crippen LogP contribution in [0.3, 0.4) is 0 Å². The quantitative estimate of drug-likeness (QED) is 0.711. The normalized spacial score (nSPS) is 41.8. The Labute approximate surface area is 88.1 Å². The summed E-state index contributed by atoms with van der Waals surface area (Å²) in [5.41, 5.74) is 0. The number of methoxy groups -OCH3 is 3. The van der Waals surface area contributed by atoms with Crippen LogP contribution in [-0.2, 0) is 18.9 Å². The first-order valence-corrected chi connectivity index (χ1v) is 4.67. The number of alkyl halides is 1. The third-order valence-electron chi connectivity index (χ3n) is 2.58. The lowest BCUT2D eigenvalue weighted by molar-refractivity contribution is -0.296. The number of hydrogen-bond donors (Lipinski definition) is 1. The van der Waals surface area contributed by atoms with Crippen molar-refractivity contribution >= 4 is 0 Å². The lowest BCUT2D eigenvalue weighted by Gasteiger charge is -2.42. The molecule has 1 rings (SSSR count). The average Bonchev–Trinajstić information content (AvgIpc) is 2.27. The molecule has 6 heteroatoms. The molecule has 1 N–H and O–H groups in total. The van der Waals surface area contributed by atoms with E-state index in [4.69, 9.17) is 18.9 Å². The zero-order valence-electron chi connectivity index (χ0n) is 9.05. The Morgan fingerprint density at radius 3 is 2.00 bits per heavy atom. The summed E-state index contributed by atoms with van der Waals surface area (Å²) in [5, 5.41) is 9.54. The molecule has 90 valence electrons. The molecule has 0 spiro atoms. The van der Waals surface area contributed by atoms with Crippen molar-refractivity contribution in [2.75, 3.05) is 28.0 Å². The molecule has 0 amide bonds. The van der Waals surface area contributed by atoms with Gasteiger partial charge in [-0.2, -0.15) is 0 Å². The third kappa shape index (κ3) is 2.46. The van der Waals surface area contributed by atoms with Crippen molar-refractivity contribution in [2.45, 2.75) is 30.7 Å². The summed E-state index contributed by atoms with van der Waals surface area (Å²) in [5.74, 6) is 0. The van der Waals surface area contributed by atoms with Gasteiger partial charge < -0.3 is 24.1 Å². The molecule has 1 aliphatic rings. The average molecular weight is 224 g/mol. The van der Waals surface area contributed by atoms with Crippen molar-refractivity contribution in [1.29, 1.82) is 0 Å². The molecule has 5 nitrogen and oxygen atoms in total. The Balaban J connectivity index is 2.80. The largest absolute Gasteiger partial charge is 0.376 e. The van der Waals surface area contributed by atoms with Gasteiger partial charge in [0.15, 0.2) is 6.29 Å². The first kappa shape index (κ1) is 12.8. The van der Waals surface area contributed by atoms with Gasteiger partial charge in [-0.15, -0.1) is 0 Å². The molecule has 0 aromatic heterocycles. The molecule has 0 aromatic carbocycles. The van der Waals surface area contributed by atoms with Crippen LogP contribution in [0.15, 0.2) is 0 Å². The van der Waals surface area contributed by atoms with E-state index in [-0.39, 0.29) is 0 Å². The van der Waals surface area contributed by atoms with E-state index in [1.807, 2.05) is 0 Å². The fourth-order valence-corrected chi connectivity index (χ4v) is 1.82. The molecular formula is C9H17FO5. The topological polar surface area (TPSA) is 57.2 Å². The lowest BCUT2D eigenvalue weighted by Crippen LogP contribution is -2.60. The van der Waals surface area contributed by atoms with E-state index in [0.29, 0.717) is 0 Å². The zero-order valence-corrected chi connectivity index (χ0v) is 9.05. The number of ether oxygens (including phenoxy) is 4. The van der Waals surface area contributed by atoms with Crippen LogP contribution >= 0.6 is 0 Å². The second kappa shape index (κ2) is 5.72. The molecule has 0 aromatic rings. The second-order valence-electron chi connectivity index (χ2n) is 3.32. The molecule has 1 heterocycles. The maximum atomic E-state index is 12.6. The summed E-state index contributed by atoms with van der Waals surface area (Å²) in [6.45, 7) is -0.744. The molecule has 0 radical (unpaired) electrons. The van der Waals surface area contributed by atoms with E-state index in [0.717, 1.165) is 0 Å². The molecule has 0 aliphatic carbocycles. The summed E-state index contributed by atoms with van der Waals surface area (Å²) in [6, 6.07) is 0. The Hall–Kier alpha value is -0.270. The minimum absolute atomic E-state index is 0.551. The Morgan fingerprint density at radius 2 is 1.60 bits per heavy atom. The highest BCUT2D eigenvalue weighted by Crippen LogP contribution is 2.25. The van der Waals surface area contributed by atoms with Gasteiger partial charge in [-0.3, -0.25) is 0 Å². The fourth-order valence-electron chi connectivity index (χ4n) is 1.82. The summed E-state index contributed by atoms with van der Waals surface area (Å²) >= 11 is 0. The van der Waals surface area contributed by atoms with E-state index >= 15 is 0 Å². The Kier molecular flexibility index (Phi) is 4.88. The van der Waals surface area contributed by atoms with Crippen LogP contribution in [0.5, 0.6) is 0 Å². The summed E-state index contributed by atoms with van der Waals surface area (Å²) < 4.78 is 32.9. The van der Waals surface area contributed by atoms with Crippen LogP contribution in [0.25, 0.3) is 0 Å². The van der Waals surface area contributed by atoms with E-state index in [9.17, 15) is 9.50 Å². The van der Waals surface area contributed by atoms with Gasteiger partial charge in [-0.25, -0.2) is 4.39 Å². The summed E-state index contributed by atoms with van der Waals surface area (Å²) in [7, 11) is 4.31. The van der Waals surface area contributed by atoms with E-state index in [1.54, 1.807) is 0 Å². The maximum Gasteiger partial charge on any atom is 0.184 e. The number of rotatable bonds is 4. The van der Waals surface area contributed by atoms with Crippen LogP contribution in [0, 0.1) is 0 Å². The highest BCUT2D eigenvalue weighted by atomic mass is 19.1. The predicted molar refractivity (Wildman–Crippen MR) is 49.2 cm³/mol.